The summed E-state index contributed by atoms with van der Waals surface area (Å²) in [6.07, 6.45) is 1.37. The molecule has 1 amide bonds. The van der Waals surface area contributed by atoms with Gasteiger partial charge in [-0.05, 0) is 62.2 Å². The summed E-state index contributed by atoms with van der Waals surface area (Å²) in [5.41, 5.74) is 5.05. The molecule has 3 aromatic rings. The first kappa shape index (κ1) is 18.2. The first-order valence-corrected chi connectivity index (χ1v) is 9.36. The zero-order valence-corrected chi connectivity index (χ0v) is 15.9. The van der Waals surface area contributed by atoms with Gasteiger partial charge in [0.1, 0.15) is 11.5 Å². The molecular weight excluding hydrogens is 355 g/mol. The quantitative estimate of drug-likeness (QED) is 0.686. The summed E-state index contributed by atoms with van der Waals surface area (Å²) in [5, 5.41) is 0. The number of carbonyl (C=O) groups is 1. The average Bonchev–Trinajstić information content (AvgIpc) is 2.91. The second-order valence-electron chi connectivity index (χ2n) is 7.02. The average molecular weight is 376 g/mol. The van der Waals surface area contributed by atoms with Gasteiger partial charge in [0.15, 0.2) is 5.82 Å². The summed E-state index contributed by atoms with van der Waals surface area (Å²) in [4.78, 5) is 28.4. The fourth-order valence-corrected chi connectivity index (χ4v) is 3.54. The number of benzene rings is 1. The van der Waals surface area contributed by atoms with Crippen molar-refractivity contribution in [3.8, 4) is 11.4 Å². The van der Waals surface area contributed by atoms with Crippen LogP contribution in [0.3, 0.4) is 0 Å². The summed E-state index contributed by atoms with van der Waals surface area (Å²) >= 11 is 0. The van der Waals surface area contributed by atoms with E-state index in [0.717, 1.165) is 28.2 Å². The number of aromatic nitrogens is 3. The lowest BCUT2D eigenvalue weighted by molar-refractivity contribution is 0.0757. The third-order valence-corrected chi connectivity index (χ3v) is 5.05. The molecular formula is C22H21FN4O. The van der Waals surface area contributed by atoms with Crippen LogP contribution < -0.4 is 0 Å². The Morgan fingerprint density at radius 3 is 2.46 bits per heavy atom. The lowest BCUT2D eigenvalue weighted by Gasteiger charge is -2.19. The number of amides is 1. The van der Waals surface area contributed by atoms with E-state index < -0.39 is 0 Å². The lowest BCUT2D eigenvalue weighted by Crippen LogP contribution is -2.34. The molecule has 5 nitrogen and oxygen atoms in total. The molecule has 1 aliphatic rings. The maximum atomic E-state index is 13.2. The van der Waals surface area contributed by atoms with Gasteiger partial charge >= 0.3 is 0 Å². The van der Waals surface area contributed by atoms with Crippen molar-refractivity contribution in [1.82, 2.24) is 19.9 Å². The maximum absolute atomic E-state index is 13.2. The molecule has 0 saturated heterocycles. The van der Waals surface area contributed by atoms with Gasteiger partial charge in [0.25, 0.3) is 5.91 Å². The minimum absolute atomic E-state index is 0.0547. The van der Waals surface area contributed by atoms with Gasteiger partial charge in [-0.2, -0.15) is 0 Å². The van der Waals surface area contributed by atoms with Crippen LogP contribution in [0.5, 0.6) is 0 Å². The Bertz CT molecular complexity index is 1030. The summed E-state index contributed by atoms with van der Waals surface area (Å²) < 4.78 is 13.2. The maximum Gasteiger partial charge on any atom is 0.272 e. The van der Waals surface area contributed by atoms with Crippen molar-refractivity contribution in [2.75, 3.05) is 13.1 Å². The van der Waals surface area contributed by atoms with Crippen LogP contribution in [0.2, 0.25) is 0 Å². The van der Waals surface area contributed by atoms with Crippen LogP contribution in [0.25, 0.3) is 11.4 Å². The van der Waals surface area contributed by atoms with E-state index in [1.807, 2.05) is 30.9 Å². The predicted molar refractivity (Wildman–Crippen MR) is 104 cm³/mol. The van der Waals surface area contributed by atoms with Gasteiger partial charge in [-0.15, -0.1) is 0 Å². The molecule has 4 rings (SSSR count). The highest BCUT2D eigenvalue weighted by Gasteiger charge is 2.23. The van der Waals surface area contributed by atoms with E-state index in [9.17, 15) is 9.18 Å². The third-order valence-electron chi connectivity index (χ3n) is 5.05. The molecule has 2 aromatic heterocycles. The molecule has 28 heavy (non-hydrogen) atoms. The van der Waals surface area contributed by atoms with Gasteiger partial charge in [-0.25, -0.2) is 19.3 Å². The fourth-order valence-electron chi connectivity index (χ4n) is 3.54. The molecule has 0 unspecified atom stereocenters. The van der Waals surface area contributed by atoms with E-state index in [4.69, 9.17) is 4.98 Å². The van der Waals surface area contributed by atoms with Crippen LogP contribution >= 0.6 is 0 Å². The van der Waals surface area contributed by atoms with Crippen molar-refractivity contribution < 1.29 is 9.18 Å². The molecule has 0 aliphatic carbocycles. The molecule has 0 fully saturated rings. The van der Waals surface area contributed by atoms with Crippen molar-refractivity contribution in [1.29, 1.82) is 0 Å². The fraction of sp³-hybridized carbons (Fsp3) is 0.273. The van der Waals surface area contributed by atoms with Gasteiger partial charge in [-0.1, -0.05) is 6.07 Å². The molecule has 3 heterocycles. The second-order valence-corrected chi connectivity index (χ2v) is 7.02. The van der Waals surface area contributed by atoms with Crippen LogP contribution in [0, 0.1) is 19.7 Å². The number of aryl methyl sites for hydroxylation is 2. The second kappa shape index (κ2) is 7.46. The van der Waals surface area contributed by atoms with Crippen molar-refractivity contribution in [3.05, 3.63) is 76.6 Å². The molecule has 142 valence electrons. The number of hydrogen-bond acceptors (Lipinski definition) is 4. The highest BCUT2D eigenvalue weighted by molar-refractivity contribution is 5.92. The summed E-state index contributed by atoms with van der Waals surface area (Å²) in [6, 6.07) is 11.7. The van der Waals surface area contributed by atoms with E-state index >= 15 is 0 Å². The van der Waals surface area contributed by atoms with Crippen LogP contribution in [0.1, 0.15) is 33.1 Å². The minimum Gasteiger partial charge on any atom is -0.337 e. The van der Waals surface area contributed by atoms with Crippen LogP contribution in [0.4, 0.5) is 4.39 Å². The SMILES string of the molecule is Cc1cccc(C(=O)N2CCc3nc(-c4ccc(F)cc4)nc(C)c3CC2)n1. The van der Waals surface area contributed by atoms with E-state index in [1.165, 1.54) is 12.1 Å². The van der Waals surface area contributed by atoms with Crippen LogP contribution in [-0.2, 0) is 12.8 Å². The Kier molecular flexibility index (Phi) is 4.86. The van der Waals surface area contributed by atoms with E-state index in [2.05, 4.69) is 9.97 Å². The number of nitrogens with zero attached hydrogens (tertiary/aromatic N) is 4. The number of halogens is 1. The van der Waals surface area contributed by atoms with Crippen molar-refractivity contribution in [2.24, 2.45) is 0 Å². The summed E-state index contributed by atoms with van der Waals surface area (Å²) in [6.45, 7) is 5.04. The predicted octanol–water partition coefficient (Wildman–Crippen LogP) is 3.54. The number of hydrogen-bond donors (Lipinski definition) is 0. The first-order valence-electron chi connectivity index (χ1n) is 9.36. The summed E-state index contributed by atoms with van der Waals surface area (Å²) in [5.74, 6) is 0.256. The van der Waals surface area contributed by atoms with Gasteiger partial charge in [0.05, 0.1) is 0 Å². The molecule has 0 bridgehead atoms. The Morgan fingerprint density at radius 2 is 1.71 bits per heavy atom. The van der Waals surface area contributed by atoms with Crippen molar-refractivity contribution in [2.45, 2.75) is 26.7 Å². The first-order chi connectivity index (χ1) is 13.5. The normalized spacial score (nSPS) is 13.8. The smallest absolute Gasteiger partial charge is 0.272 e. The Morgan fingerprint density at radius 1 is 0.964 bits per heavy atom. The zero-order chi connectivity index (χ0) is 19.7. The van der Waals surface area contributed by atoms with Gasteiger partial charge in [0.2, 0.25) is 0 Å². The van der Waals surface area contributed by atoms with Gasteiger partial charge < -0.3 is 4.90 Å². The molecule has 1 aliphatic heterocycles. The number of carbonyl (C=O) groups excluding carboxylic acids is 1. The van der Waals surface area contributed by atoms with E-state index in [1.54, 1.807) is 18.2 Å². The lowest BCUT2D eigenvalue weighted by atomic mass is 10.1. The van der Waals surface area contributed by atoms with Crippen LogP contribution in [0.15, 0.2) is 42.5 Å². The third kappa shape index (κ3) is 3.63. The highest BCUT2D eigenvalue weighted by atomic mass is 19.1. The van der Waals surface area contributed by atoms with Gasteiger partial charge in [0, 0.05) is 42.2 Å². The van der Waals surface area contributed by atoms with E-state index in [-0.39, 0.29) is 11.7 Å². The number of rotatable bonds is 2. The largest absolute Gasteiger partial charge is 0.337 e. The topological polar surface area (TPSA) is 59.0 Å². The van der Waals surface area contributed by atoms with Crippen LogP contribution in [-0.4, -0.2) is 38.8 Å². The molecule has 1 aromatic carbocycles. The van der Waals surface area contributed by atoms with Gasteiger partial charge in [-0.3, -0.25) is 4.79 Å². The highest BCUT2D eigenvalue weighted by Crippen LogP contribution is 2.23. The summed E-state index contributed by atoms with van der Waals surface area (Å²) in [7, 11) is 0. The standard InChI is InChI=1S/C22H21FN4O/c1-14-4-3-5-20(24-14)22(28)27-12-10-18-15(2)25-21(26-19(18)11-13-27)16-6-8-17(23)9-7-16/h3-9H,10-13H2,1-2H3. The zero-order valence-electron chi connectivity index (χ0n) is 15.9. The molecule has 0 saturated carbocycles. The van der Waals surface area contributed by atoms with Crippen molar-refractivity contribution >= 4 is 5.91 Å². The minimum atomic E-state index is -0.283. The Labute approximate surface area is 163 Å². The number of fused-ring (bicyclic) bond motifs is 1. The molecule has 0 N–H and O–H groups in total. The monoisotopic (exact) mass is 376 g/mol. The van der Waals surface area contributed by atoms with Crippen molar-refractivity contribution in [3.63, 3.8) is 0 Å². The molecule has 6 heteroatoms. The number of pyridine rings is 1. The molecule has 0 radical (unpaired) electrons. The van der Waals surface area contributed by atoms with E-state index in [0.29, 0.717) is 37.4 Å². The Hall–Kier alpha value is -3.15. The molecule has 0 atom stereocenters. The molecule has 0 spiro atoms. The Balaban J connectivity index is 1.59.